The van der Waals surface area contributed by atoms with Gasteiger partial charge in [-0.15, -0.1) is 0 Å². The van der Waals surface area contributed by atoms with Gasteiger partial charge in [0.15, 0.2) is 0 Å². The number of nitrogens with one attached hydrogen (secondary N) is 1. The lowest BCUT2D eigenvalue weighted by Gasteiger charge is -2.26. The van der Waals surface area contributed by atoms with Gasteiger partial charge in [-0.2, -0.15) is 5.26 Å². The summed E-state index contributed by atoms with van der Waals surface area (Å²) in [6.45, 7) is 1.17. The second-order valence-electron chi connectivity index (χ2n) is 6.89. The molecule has 1 amide bonds. The van der Waals surface area contributed by atoms with Crippen LogP contribution in [-0.2, 0) is 11.3 Å². The maximum Gasteiger partial charge on any atom is 0.407 e. The Morgan fingerprint density at radius 2 is 2.21 bits per heavy atom. The number of hydrogen-bond donors (Lipinski definition) is 2. The molecule has 4 rings (SSSR count). The number of benzene rings is 2. The van der Waals surface area contributed by atoms with E-state index in [0.29, 0.717) is 35.9 Å². The molecule has 8 heteroatoms. The summed E-state index contributed by atoms with van der Waals surface area (Å²) in [4.78, 5) is 16.2. The second-order valence-corrected chi connectivity index (χ2v) is 6.89. The van der Waals surface area contributed by atoms with Crippen molar-refractivity contribution >= 4 is 23.1 Å². The number of amides is 1. The highest BCUT2D eigenvalue weighted by atomic mass is 16.5. The number of aromatic nitrogens is 2. The number of nitriles is 1. The molecule has 2 heterocycles. The number of ether oxygens (including phenoxy) is 2. The van der Waals surface area contributed by atoms with E-state index in [2.05, 4.69) is 16.4 Å². The summed E-state index contributed by atoms with van der Waals surface area (Å²) in [5.41, 5.74) is 9.03. The van der Waals surface area contributed by atoms with Crippen LogP contribution >= 0.6 is 0 Å². The van der Waals surface area contributed by atoms with Gasteiger partial charge in [0.25, 0.3) is 0 Å². The van der Waals surface area contributed by atoms with E-state index in [-0.39, 0.29) is 12.6 Å². The van der Waals surface area contributed by atoms with E-state index >= 15 is 0 Å². The Kier molecular flexibility index (Phi) is 5.20. The van der Waals surface area contributed by atoms with E-state index in [1.165, 1.54) is 0 Å². The molecule has 0 radical (unpaired) electrons. The van der Waals surface area contributed by atoms with Crippen molar-refractivity contribution < 1.29 is 14.3 Å². The first-order valence-corrected chi connectivity index (χ1v) is 9.44. The minimum absolute atomic E-state index is 0.0163. The minimum Gasteiger partial charge on any atom is -0.489 e. The van der Waals surface area contributed by atoms with Gasteiger partial charge in [-0.05, 0) is 24.5 Å². The molecule has 0 saturated carbocycles. The molecule has 0 fully saturated rings. The highest BCUT2D eigenvalue weighted by Crippen LogP contribution is 2.37. The molecule has 1 atom stereocenters. The van der Waals surface area contributed by atoms with Gasteiger partial charge < -0.3 is 25.1 Å². The van der Waals surface area contributed by atoms with Crippen molar-refractivity contribution in [1.82, 2.24) is 14.9 Å². The molecule has 2 aromatic carbocycles. The van der Waals surface area contributed by atoms with Crippen molar-refractivity contribution in [3.8, 4) is 11.8 Å². The average molecular weight is 391 g/mol. The predicted molar refractivity (Wildman–Crippen MR) is 107 cm³/mol. The van der Waals surface area contributed by atoms with E-state index in [0.717, 1.165) is 23.9 Å². The molecule has 1 aliphatic rings. The van der Waals surface area contributed by atoms with Crippen LogP contribution in [0.25, 0.3) is 11.0 Å². The third-order valence-corrected chi connectivity index (χ3v) is 4.90. The number of carbonyl (C=O) groups excluding carboxylic acids is 1. The molecular formula is C21H21N5O3. The molecular weight excluding hydrogens is 370 g/mol. The van der Waals surface area contributed by atoms with Crippen molar-refractivity contribution in [1.29, 1.82) is 5.26 Å². The summed E-state index contributed by atoms with van der Waals surface area (Å²) in [6.07, 6.45) is 1.06. The fourth-order valence-corrected chi connectivity index (χ4v) is 3.53. The normalized spacial score (nSPS) is 14.8. The molecule has 29 heavy (non-hydrogen) atoms. The molecule has 8 nitrogen and oxygen atoms in total. The standard InChI is InChI=1S/C21H21N5O3/c22-11-15-9-17-19-18(10-15)28-13-16(26(19)20(23)25-17)7-4-8-24-21(27)29-12-14-5-2-1-3-6-14/h1-3,5-6,9-10,16H,4,7-8,12-13H2,(H2,23,25)(H,24,27)/t16-/m0/s1. The first kappa shape index (κ1) is 18.6. The van der Waals surface area contributed by atoms with Gasteiger partial charge in [0, 0.05) is 12.6 Å². The van der Waals surface area contributed by atoms with E-state index in [4.69, 9.17) is 20.5 Å². The van der Waals surface area contributed by atoms with Crippen molar-refractivity contribution in [2.75, 3.05) is 18.9 Å². The number of hydrogen-bond acceptors (Lipinski definition) is 6. The van der Waals surface area contributed by atoms with Gasteiger partial charge in [-0.1, -0.05) is 30.3 Å². The third kappa shape index (κ3) is 3.94. The van der Waals surface area contributed by atoms with E-state index in [1.807, 2.05) is 34.9 Å². The first-order valence-electron chi connectivity index (χ1n) is 9.44. The minimum atomic E-state index is -0.437. The fourth-order valence-electron chi connectivity index (χ4n) is 3.53. The SMILES string of the molecule is N#Cc1cc2c3c(c1)nc(N)n3[C@@H](CCCNC(=O)OCc1ccccc1)CO2. The Hall–Kier alpha value is -3.73. The van der Waals surface area contributed by atoms with Crippen LogP contribution in [-0.4, -0.2) is 28.8 Å². The van der Waals surface area contributed by atoms with E-state index in [9.17, 15) is 4.79 Å². The zero-order valence-electron chi connectivity index (χ0n) is 15.8. The van der Waals surface area contributed by atoms with Crippen LogP contribution in [0, 0.1) is 11.3 Å². The highest BCUT2D eigenvalue weighted by Gasteiger charge is 2.26. The first-order chi connectivity index (χ1) is 14.2. The molecule has 3 N–H and O–H groups in total. The number of anilines is 1. The summed E-state index contributed by atoms with van der Waals surface area (Å²) in [5, 5.41) is 11.9. The lowest BCUT2D eigenvalue weighted by molar-refractivity contribution is 0.139. The van der Waals surface area contributed by atoms with Crippen molar-refractivity contribution in [3.05, 3.63) is 53.6 Å². The lowest BCUT2D eigenvalue weighted by atomic mass is 10.1. The number of carbonyl (C=O) groups is 1. The largest absolute Gasteiger partial charge is 0.489 e. The van der Waals surface area contributed by atoms with Gasteiger partial charge in [0.2, 0.25) is 5.95 Å². The summed E-state index contributed by atoms with van der Waals surface area (Å²) >= 11 is 0. The number of nitrogens with two attached hydrogens (primary N) is 1. The van der Waals surface area contributed by atoms with E-state index < -0.39 is 6.09 Å². The van der Waals surface area contributed by atoms with Gasteiger partial charge >= 0.3 is 6.09 Å². The molecule has 0 saturated heterocycles. The van der Waals surface area contributed by atoms with Crippen LogP contribution in [0.3, 0.4) is 0 Å². The summed E-state index contributed by atoms with van der Waals surface area (Å²) in [7, 11) is 0. The van der Waals surface area contributed by atoms with Crippen molar-refractivity contribution in [2.24, 2.45) is 0 Å². The highest BCUT2D eigenvalue weighted by molar-refractivity contribution is 5.86. The quantitative estimate of drug-likeness (QED) is 0.624. The van der Waals surface area contributed by atoms with Gasteiger partial charge in [-0.25, -0.2) is 9.78 Å². The predicted octanol–water partition coefficient (Wildman–Crippen LogP) is 3.13. The summed E-state index contributed by atoms with van der Waals surface area (Å²) in [6, 6.07) is 15.1. The molecule has 0 spiro atoms. The maximum atomic E-state index is 11.8. The number of nitrogens with zero attached hydrogens (tertiary/aromatic N) is 3. The molecule has 0 bridgehead atoms. The van der Waals surface area contributed by atoms with Crippen molar-refractivity contribution in [2.45, 2.75) is 25.5 Å². The third-order valence-electron chi connectivity index (χ3n) is 4.90. The zero-order chi connectivity index (χ0) is 20.2. The Labute approximate surface area is 167 Å². The van der Waals surface area contributed by atoms with E-state index in [1.54, 1.807) is 12.1 Å². The summed E-state index contributed by atoms with van der Waals surface area (Å²) in [5.74, 6) is 1.03. The van der Waals surface area contributed by atoms with Crippen LogP contribution in [0.15, 0.2) is 42.5 Å². The monoisotopic (exact) mass is 391 g/mol. The Morgan fingerprint density at radius 3 is 3.00 bits per heavy atom. The average Bonchev–Trinajstić information content (AvgIpc) is 3.08. The van der Waals surface area contributed by atoms with Gasteiger partial charge in [-0.3, -0.25) is 0 Å². The maximum absolute atomic E-state index is 11.8. The smallest absolute Gasteiger partial charge is 0.407 e. The van der Waals surface area contributed by atoms with Crippen LogP contribution in [0.5, 0.6) is 5.75 Å². The van der Waals surface area contributed by atoms with Crippen LogP contribution in [0.2, 0.25) is 0 Å². The number of nitrogen functional groups attached to an aromatic ring is 1. The Bertz CT molecular complexity index is 1070. The molecule has 3 aromatic rings. The molecule has 0 unspecified atom stereocenters. The van der Waals surface area contributed by atoms with Crippen LogP contribution in [0.1, 0.15) is 30.0 Å². The number of alkyl carbamates (subject to hydrolysis) is 1. The Balaban J connectivity index is 1.31. The Morgan fingerprint density at radius 1 is 1.38 bits per heavy atom. The lowest BCUT2D eigenvalue weighted by Crippen LogP contribution is -2.27. The van der Waals surface area contributed by atoms with Crippen LogP contribution < -0.4 is 15.8 Å². The van der Waals surface area contributed by atoms with Gasteiger partial charge in [0.05, 0.1) is 23.2 Å². The molecule has 0 aliphatic carbocycles. The molecule has 1 aromatic heterocycles. The van der Waals surface area contributed by atoms with Crippen molar-refractivity contribution in [3.63, 3.8) is 0 Å². The zero-order valence-corrected chi connectivity index (χ0v) is 15.8. The molecule has 148 valence electrons. The number of rotatable bonds is 6. The molecule has 1 aliphatic heterocycles. The number of imidazole rings is 1. The fraction of sp³-hybridized carbons (Fsp3) is 0.286. The van der Waals surface area contributed by atoms with Crippen LogP contribution in [0.4, 0.5) is 10.7 Å². The second kappa shape index (κ2) is 8.10. The topological polar surface area (TPSA) is 115 Å². The van der Waals surface area contributed by atoms with Gasteiger partial charge in [0.1, 0.15) is 24.5 Å². The summed E-state index contributed by atoms with van der Waals surface area (Å²) < 4.78 is 13.0.